The van der Waals surface area contributed by atoms with Crippen LogP contribution in [0.15, 0.2) is 24.4 Å². The highest BCUT2D eigenvalue weighted by Gasteiger charge is 2.13. The Hall–Kier alpha value is -2.43. The lowest BCUT2D eigenvalue weighted by atomic mass is 10.1. The van der Waals surface area contributed by atoms with Crippen LogP contribution in [0.1, 0.15) is 27.2 Å². The molecule has 1 N–H and O–H groups in total. The number of nitrogens with zero attached hydrogens (tertiary/aromatic N) is 2. The molecule has 0 unspecified atom stereocenters. The van der Waals surface area contributed by atoms with Crippen molar-refractivity contribution >= 4 is 11.6 Å². The van der Waals surface area contributed by atoms with Gasteiger partial charge in [0.25, 0.3) is 5.91 Å². The summed E-state index contributed by atoms with van der Waals surface area (Å²) in [6.07, 6.45) is 1.47. The lowest BCUT2D eigenvalue weighted by Gasteiger charge is -2.10. The summed E-state index contributed by atoms with van der Waals surface area (Å²) < 4.78 is 4.93. The number of nitrogens with one attached hydrogen (secondary N) is 1. The standard InChI is InChI=1S/C15H17N3O2/c1-9-5-6-10(2)13(7-9)18-14(19)12-8-16-15(20-4)17-11(12)3/h5-8H,1-4H3,(H,18,19). The van der Waals surface area contributed by atoms with Crippen molar-refractivity contribution in [3.8, 4) is 6.01 Å². The predicted molar refractivity (Wildman–Crippen MR) is 77.2 cm³/mol. The largest absolute Gasteiger partial charge is 0.467 e. The maximum absolute atomic E-state index is 12.3. The molecule has 20 heavy (non-hydrogen) atoms. The molecule has 1 aromatic carbocycles. The second kappa shape index (κ2) is 5.69. The van der Waals surface area contributed by atoms with Gasteiger partial charge >= 0.3 is 6.01 Å². The van der Waals surface area contributed by atoms with Crippen LogP contribution in [0.25, 0.3) is 0 Å². The van der Waals surface area contributed by atoms with E-state index in [0.717, 1.165) is 16.8 Å². The fourth-order valence-corrected chi connectivity index (χ4v) is 1.83. The summed E-state index contributed by atoms with van der Waals surface area (Å²) in [5, 5.41) is 2.89. The maximum atomic E-state index is 12.3. The molecule has 0 saturated carbocycles. The van der Waals surface area contributed by atoms with E-state index in [1.54, 1.807) is 6.92 Å². The number of anilines is 1. The van der Waals surface area contributed by atoms with Crippen molar-refractivity contribution in [1.29, 1.82) is 0 Å². The van der Waals surface area contributed by atoms with E-state index < -0.39 is 0 Å². The van der Waals surface area contributed by atoms with Gasteiger partial charge in [0.1, 0.15) is 0 Å². The van der Waals surface area contributed by atoms with Crippen molar-refractivity contribution in [2.24, 2.45) is 0 Å². The number of rotatable bonds is 3. The second-order valence-corrected chi connectivity index (χ2v) is 4.63. The first-order valence-electron chi connectivity index (χ1n) is 6.27. The predicted octanol–water partition coefficient (Wildman–Crippen LogP) is 2.66. The molecule has 0 atom stereocenters. The van der Waals surface area contributed by atoms with E-state index in [0.29, 0.717) is 11.3 Å². The van der Waals surface area contributed by atoms with E-state index in [1.807, 2.05) is 32.0 Å². The first-order chi connectivity index (χ1) is 9.51. The molecule has 0 aliphatic rings. The second-order valence-electron chi connectivity index (χ2n) is 4.63. The number of hydrogen-bond acceptors (Lipinski definition) is 4. The molecule has 0 bridgehead atoms. The molecule has 1 amide bonds. The summed E-state index contributed by atoms with van der Waals surface area (Å²) in [7, 11) is 1.49. The number of aryl methyl sites for hydroxylation is 3. The fraction of sp³-hybridized carbons (Fsp3) is 0.267. The van der Waals surface area contributed by atoms with Crippen LogP contribution in [-0.4, -0.2) is 23.0 Å². The number of hydrogen-bond donors (Lipinski definition) is 1. The first kappa shape index (κ1) is 14.0. The molecule has 0 aliphatic carbocycles. The monoisotopic (exact) mass is 271 g/mol. The zero-order valence-corrected chi connectivity index (χ0v) is 12.0. The highest BCUT2D eigenvalue weighted by molar-refractivity contribution is 6.05. The zero-order valence-electron chi connectivity index (χ0n) is 12.0. The Morgan fingerprint density at radius 2 is 2.00 bits per heavy atom. The summed E-state index contributed by atoms with van der Waals surface area (Å²) >= 11 is 0. The van der Waals surface area contributed by atoms with E-state index in [-0.39, 0.29) is 11.9 Å². The number of aromatic nitrogens is 2. The molecule has 1 aromatic heterocycles. The van der Waals surface area contributed by atoms with E-state index in [2.05, 4.69) is 15.3 Å². The quantitative estimate of drug-likeness (QED) is 0.932. The molecule has 104 valence electrons. The molecule has 2 aromatic rings. The number of methoxy groups -OCH3 is 1. The van der Waals surface area contributed by atoms with Crippen molar-refractivity contribution in [3.05, 3.63) is 46.8 Å². The Labute approximate surface area is 118 Å². The molecule has 1 heterocycles. The zero-order chi connectivity index (χ0) is 14.7. The third kappa shape index (κ3) is 2.93. The average molecular weight is 271 g/mol. The van der Waals surface area contributed by atoms with Crippen molar-refractivity contribution < 1.29 is 9.53 Å². The van der Waals surface area contributed by atoms with E-state index in [1.165, 1.54) is 13.3 Å². The third-order valence-corrected chi connectivity index (χ3v) is 3.03. The van der Waals surface area contributed by atoms with Gasteiger partial charge in [-0.25, -0.2) is 4.98 Å². The summed E-state index contributed by atoms with van der Waals surface area (Å²) in [4.78, 5) is 20.3. The molecule has 5 nitrogen and oxygen atoms in total. The van der Waals surface area contributed by atoms with Crippen molar-refractivity contribution in [2.45, 2.75) is 20.8 Å². The Morgan fingerprint density at radius 3 is 2.65 bits per heavy atom. The van der Waals surface area contributed by atoms with Crippen LogP contribution in [0.4, 0.5) is 5.69 Å². The normalized spacial score (nSPS) is 10.2. The Bertz CT molecular complexity index is 654. The molecule has 0 radical (unpaired) electrons. The summed E-state index contributed by atoms with van der Waals surface area (Å²) in [6, 6.07) is 6.17. The van der Waals surface area contributed by atoms with Gasteiger partial charge in [0, 0.05) is 11.9 Å². The minimum Gasteiger partial charge on any atom is -0.467 e. The SMILES string of the molecule is COc1ncc(C(=O)Nc2cc(C)ccc2C)c(C)n1. The molecular formula is C15H17N3O2. The Morgan fingerprint density at radius 1 is 1.25 bits per heavy atom. The van der Waals surface area contributed by atoms with Gasteiger partial charge in [-0.15, -0.1) is 0 Å². The van der Waals surface area contributed by atoms with Gasteiger partial charge in [-0.05, 0) is 38.0 Å². The molecule has 0 spiro atoms. The van der Waals surface area contributed by atoms with Crippen LogP contribution in [0.3, 0.4) is 0 Å². The van der Waals surface area contributed by atoms with Crippen LogP contribution < -0.4 is 10.1 Å². The van der Waals surface area contributed by atoms with Crippen molar-refractivity contribution in [2.75, 3.05) is 12.4 Å². The number of ether oxygens (including phenoxy) is 1. The van der Waals surface area contributed by atoms with Crippen LogP contribution in [-0.2, 0) is 0 Å². The average Bonchev–Trinajstić information content (AvgIpc) is 2.42. The van der Waals surface area contributed by atoms with Gasteiger partial charge in [-0.1, -0.05) is 12.1 Å². The Kier molecular flexibility index (Phi) is 3.98. The third-order valence-electron chi connectivity index (χ3n) is 3.03. The van der Waals surface area contributed by atoms with Gasteiger partial charge in [0.15, 0.2) is 0 Å². The molecule has 5 heteroatoms. The summed E-state index contributed by atoms with van der Waals surface area (Å²) in [5.41, 5.74) is 3.92. The van der Waals surface area contributed by atoms with Gasteiger partial charge in [-0.2, -0.15) is 4.98 Å². The van der Waals surface area contributed by atoms with Crippen LogP contribution in [0, 0.1) is 20.8 Å². The maximum Gasteiger partial charge on any atom is 0.316 e. The van der Waals surface area contributed by atoms with Crippen LogP contribution in [0.5, 0.6) is 6.01 Å². The molecule has 0 fully saturated rings. The fourth-order valence-electron chi connectivity index (χ4n) is 1.83. The van der Waals surface area contributed by atoms with Gasteiger partial charge in [-0.3, -0.25) is 4.79 Å². The van der Waals surface area contributed by atoms with Crippen molar-refractivity contribution in [3.63, 3.8) is 0 Å². The van der Waals surface area contributed by atoms with E-state index in [4.69, 9.17) is 4.74 Å². The lowest BCUT2D eigenvalue weighted by molar-refractivity contribution is 0.102. The molecular weight excluding hydrogens is 254 g/mol. The Balaban J connectivity index is 2.26. The summed E-state index contributed by atoms with van der Waals surface area (Å²) in [6.45, 7) is 5.69. The molecule has 0 saturated heterocycles. The van der Waals surface area contributed by atoms with Crippen LogP contribution in [0.2, 0.25) is 0 Å². The topological polar surface area (TPSA) is 64.1 Å². The number of carbonyl (C=O) groups is 1. The van der Waals surface area contributed by atoms with Gasteiger partial charge in [0.2, 0.25) is 0 Å². The minimum absolute atomic E-state index is 0.223. The van der Waals surface area contributed by atoms with Crippen molar-refractivity contribution in [1.82, 2.24) is 9.97 Å². The number of carbonyl (C=O) groups excluding carboxylic acids is 1. The highest BCUT2D eigenvalue weighted by Crippen LogP contribution is 2.18. The number of benzene rings is 1. The lowest BCUT2D eigenvalue weighted by Crippen LogP contribution is -2.15. The first-order valence-corrected chi connectivity index (χ1v) is 6.27. The smallest absolute Gasteiger partial charge is 0.316 e. The van der Waals surface area contributed by atoms with E-state index >= 15 is 0 Å². The summed E-state index contributed by atoms with van der Waals surface area (Å²) in [5.74, 6) is -0.223. The van der Waals surface area contributed by atoms with E-state index in [9.17, 15) is 4.79 Å². The minimum atomic E-state index is -0.223. The van der Waals surface area contributed by atoms with Gasteiger partial charge in [0.05, 0.1) is 18.4 Å². The molecule has 0 aliphatic heterocycles. The molecule has 2 rings (SSSR count). The van der Waals surface area contributed by atoms with Gasteiger partial charge < -0.3 is 10.1 Å². The highest BCUT2D eigenvalue weighted by atomic mass is 16.5. The number of amides is 1. The van der Waals surface area contributed by atoms with Crippen LogP contribution >= 0.6 is 0 Å².